The van der Waals surface area contributed by atoms with E-state index in [1.807, 2.05) is 0 Å². The second-order valence-corrected chi connectivity index (χ2v) is 8.21. The third-order valence-electron chi connectivity index (χ3n) is 6.12. The summed E-state index contributed by atoms with van der Waals surface area (Å²) < 4.78 is 8.50. The lowest BCUT2D eigenvalue weighted by atomic mass is 10.2. The molecule has 2 amide bonds. The van der Waals surface area contributed by atoms with Crippen LogP contribution in [-0.4, -0.2) is 80.5 Å². The fraction of sp³-hybridized carbons (Fsp3) is 0.476. The number of hydrogen-bond donors (Lipinski definition) is 1. The van der Waals surface area contributed by atoms with E-state index in [-0.39, 0.29) is 17.7 Å². The van der Waals surface area contributed by atoms with E-state index < -0.39 is 5.91 Å². The van der Waals surface area contributed by atoms with Crippen molar-refractivity contribution in [3.63, 3.8) is 0 Å². The quantitative estimate of drug-likeness (QED) is 0.637. The van der Waals surface area contributed by atoms with Gasteiger partial charge in [-0.2, -0.15) is 10.1 Å². The molecule has 1 N–H and O–H groups in total. The Hall–Kier alpha value is -3.47. The van der Waals surface area contributed by atoms with Crippen LogP contribution in [0, 0.1) is 0 Å². The number of nitrogens with zero attached hydrogens (tertiary/aromatic N) is 7. The number of ether oxygens (including phenoxy) is 1. The molecule has 1 atom stereocenters. The third-order valence-corrected chi connectivity index (χ3v) is 6.12. The Morgan fingerprint density at radius 3 is 2.75 bits per heavy atom. The molecule has 2 aliphatic heterocycles. The predicted molar refractivity (Wildman–Crippen MR) is 117 cm³/mol. The second-order valence-electron chi connectivity index (χ2n) is 8.21. The van der Waals surface area contributed by atoms with Crippen LogP contribution in [0.15, 0.2) is 24.5 Å². The van der Waals surface area contributed by atoms with Crippen LogP contribution in [0.25, 0.3) is 5.65 Å². The molecule has 0 aliphatic carbocycles. The number of nitrogens with one attached hydrogen (secondary N) is 1. The SMILES string of the molecule is COC1CCN(c2nc3ccc(NC(=O)c4c(C(=O)N5CCCC5)cnn4C)cn3n2)C1. The molecule has 1 unspecified atom stereocenters. The zero-order chi connectivity index (χ0) is 22.2. The Bertz CT molecular complexity index is 1160. The van der Waals surface area contributed by atoms with Crippen LogP contribution in [-0.2, 0) is 11.8 Å². The van der Waals surface area contributed by atoms with Crippen molar-refractivity contribution in [3.8, 4) is 0 Å². The van der Waals surface area contributed by atoms with Gasteiger partial charge >= 0.3 is 0 Å². The molecule has 5 heterocycles. The highest BCUT2D eigenvalue weighted by molar-refractivity contribution is 6.11. The molecular formula is C21H26N8O3. The second kappa shape index (κ2) is 8.23. The number of amides is 2. The first-order chi connectivity index (χ1) is 15.5. The molecule has 2 aliphatic rings. The standard InChI is InChI=1S/C21H26N8O3/c1-26-18(16(11-22-26)20(31)27-8-3-4-9-27)19(30)23-14-5-6-17-24-21(25-29(17)12-14)28-10-7-15(13-28)32-2/h5-6,11-12,15H,3-4,7-10,13H2,1-2H3,(H,23,30). The fourth-order valence-electron chi connectivity index (χ4n) is 4.33. The number of carbonyl (C=O) groups excluding carboxylic acids is 2. The summed E-state index contributed by atoms with van der Waals surface area (Å²) in [5.74, 6) is 0.0879. The number of aryl methyl sites for hydroxylation is 1. The number of carbonyl (C=O) groups is 2. The molecule has 0 saturated carbocycles. The lowest BCUT2D eigenvalue weighted by Gasteiger charge is -2.15. The molecule has 2 saturated heterocycles. The summed E-state index contributed by atoms with van der Waals surface area (Å²) >= 11 is 0. The van der Waals surface area contributed by atoms with Crippen molar-refractivity contribution in [2.75, 3.05) is 43.5 Å². The maximum atomic E-state index is 13.0. The molecule has 5 rings (SSSR count). The number of methoxy groups -OCH3 is 1. The molecular weight excluding hydrogens is 412 g/mol. The van der Waals surface area contributed by atoms with Gasteiger partial charge in [-0.05, 0) is 31.4 Å². The smallest absolute Gasteiger partial charge is 0.274 e. The van der Waals surface area contributed by atoms with E-state index in [1.54, 1.807) is 41.9 Å². The molecule has 3 aromatic heterocycles. The zero-order valence-electron chi connectivity index (χ0n) is 18.2. The largest absolute Gasteiger partial charge is 0.380 e. The van der Waals surface area contributed by atoms with Gasteiger partial charge in [0.2, 0.25) is 5.95 Å². The van der Waals surface area contributed by atoms with E-state index in [4.69, 9.17) is 4.74 Å². The summed E-state index contributed by atoms with van der Waals surface area (Å²) in [6, 6.07) is 3.57. The normalized spacial score (nSPS) is 18.6. The van der Waals surface area contributed by atoms with E-state index in [9.17, 15) is 9.59 Å². The highest BCUT2D eigenvalue weighted by Crippen LogP contribution is 2.21. The minimum Gasteiger partial charge on any atom is -0.380 e. The van der Waals surface area contributed by atoms with Crippen molar-refractivity contribution in [2.24, 2.45) is 7.05 Å². The number of likely N-dealkylation sites (tertiary alicyclic amines) is 1. The van der Waals surface area contributed by atoms with E-state index in [1.165, 1.54) is 10.9 Å². The van der Waals surface area contributed by atoms with Crippen LogP contribution in [0.3, 0.4) is 0 Å². The van der Waals surface area contributed by atoms with E-state index in [0.29, 0.717) is 35.9 Å². The minimum atomic E-state index is -0.394. The summed E-state index contributed by atoms with van der Waals surface area (Å²) in [6.45, 7) is 3.02. The number of anilines is 2. The van der Waals surface area contributed by atoms with Gasteiger partial charge in [0.1, 0.15) is 5.69 Å². The van der Waals surface area contributed by atoms with Gasteiger partial charge in [-0.25, -0.2) is 4.52 Å². The van der Waals surface area contributed by atoms with Crippen molar-refractivity contribution in [1.29, 1.82) is 0 Å². The first kappa shape index (κ1) is 20.4. The number of fused-ring (bicyclic) bond motifs is 1. The molecule has 11 nitrogen and oxygen atoms in total. The topological polar surface area (TPSA) is 110 Å². The van der Waals surface area contributed by atoms with Gasteiger partial charge in [-0.3, -0.25) is 14.3 Å². The average molecular weight is 438 g/mol. The number of hydrogen-bond acceptors (Lipinski definition) is 7. The molecule has 32 heavy (non-hydrogen) atoms. The first-order valence-electron chi connectivity index (χ1n) is 10.8. The summed E-state index contributed by atoms with van der Waals surface area (Å²) in [5.41, 5.74) is 1.79. The van der Waals surface area contributed by atoms with Crippen LogP contribution < -0.4 is 10.2 Å². The van der Waals surface area contributed by atoms with E-state index in [0.717, 1.165) is 32.4 Å². The van der Waals surface area contributed by atoms with Gasteiger partial charge in [0, 0.05) is 40.3 Å². The summed E-state index contributed by atoms with van der Waals surface area (Å²) in [6.07, 6.45) is 6.27. The lowest BCUT2D eigenvalue weighted by molar-refractivity contribution is 0.0787. The predicted octanol–water partition coefficient (Wildman–Crippen LogP) is 1.18. The monoisotopic (exact) mass is 438 g/mol. The molecule has 168 valence electrons. The van der Waals surface area contributed by atoms with Crippen LogP contribution in [0.1, 0.15) is 40.1 Å². The summed E-state index contributed by atoms with van der Waals surface area (Å²) in [5, 5.41) is 11.6. The van der Waals surface area contributed by atoms with Gasteiger partial charge in [0.15, 0.2) is 5.65 Å². The van der Waals surface area contributed by atoms with Gasteiger partial charge in [0.25, 0.3) is 11.8 Å². The lowest BCUT2D eigenvalue weighted by Crippen LogP contribution is -2.30. The van der Waals surface area contributed by atoms with Crippen LogP contribution in [0.5, 0.6) is 0 Å². The Labute approximate surface area is 184 Å². The van der Waals surface area contributed by atoms with Crippen LogP contribution in [0.2, 0.25) is 0 Å². The molecule has 0 aromatic carbocycles. The zero-order valence-corrected chi connectivity index (χ0v) is 18.2. The molecule has 0 bridgehead atoms. The van der Waals surface area contributed by atoms with Crippen LogP contribution in [0.4, 0.5) is 11.6 Å². The van der Waals surface area contributed by atoms with Gasteiger partial charge in [-0.15, -0.1) is 5.10 Å². The minimum absolute atomic E-state index is 0.155. The molecule has 11 heteroatoms. The molecule has 3 aromatic rings. The van der Waals surface area contributed by atoms with E-state index in [2.05, 4.69) is 25.4 Å². The highest BCUT2D eigenvalue weighted by atomic mass is 16.5. The molecule has 0 radical (unpaired) electrons. The van der Waals surface area contributed by atoms with Crippen LogP contribution >= 0.6 is 0 Å². The van der Waals surface area contributed by atoms with Crippen molar-refractivity contribution < 1.29 is 14.3 Å². The number of pyridine rings is 1. The Morgan fingerprint density at radius 1 is 1.19 bits per heavy atom. The first-order valence-corrected chi connectivity index (χ1v) is 10.8. The third kappa shape index (κ3) is 3.68. The highest BCUT2D eigenvalue weighted by Gasteiger charge is 2.28. The molecule has 2 fully saturated rings. The molecule has 0 spiro atoms. The maximum Gasteiger partial charge on any atom is 0.274 e. The Kier molecular flexibility index (Phi) is 5.25. The van der Waals surface area contributed by atoms with Crippen molar-refractivity contribution in [1.82, 2.24) is 29.3 Å². The summed E-state index contributed by atoms with van der Waals surface area (Å²) in [7, 11) is 3.37. The average Bonchev–Trinajstić information content (AvgIpc) is 3.58. The van der Waals surface area contributed by atoms with Gasteiger partial charge in [-0.1, -0.05) is 0 Å². The maximum absolute atomic E-state index is 13.0. The number of rotatable bonds is 5. The Balaban J connectivity index is 1.35. The van der Waals surface area contributed by atoms with E-state index >= 15 is 0 Å². The van der Waals surface area contributed by atoms with Gasteiger partial charge < -0.3 is 19.9 Å². The van der Waals surface area contributed by atoms with Crippen molar-refractivity contribution in [3.05, 3.63) is 35.8 Å². The van der Waals surface area contributed by atoms with Crippen molar-refractivity contribution >= 4 is 29.1 Å². The fourth-order valence-corrected chi connectivity index (χ4v) is 4.33. The Morgan fingerprint density at radius 2 is 2.00 bits per heavy atom. The van der Waals surface area contributed by atoms with Gasteiger partial charge in [0.05, 0.1) is 29.7 Å². The number of aromatic nitrogens is 5. The summed E-state index contributed by atoms with van der Waals surface area (Å²) in [4.78, 5) is 34.3. The van der Waals surface area contributed by atoms with Crippen molar-refractivity contribution in [2.45, 2.75) is 25.4 Å².